The van der Waals surface area contributed by atoms with Gasteiger partial charge in [-0.3, -0.25) is 14.6 Å². The summed E-state index contributed by atoms with van der Waals surface area (Å²) in [6.07, 6.45) is 3.73. The SMILES string of the molecule is CN(C)CCOC[C@@H]1CN(Cc2cccnc2)Cc2nnn(C)c21. The molecule has 0 saturated carbocycles. The monoisotopic (exact) mass is 330 g/mol. The molecule has 0 bridgehead atoms. The van der Waals surface area contributed by atoms with E-state index in [2.05, 4.69) is 45.3 Å². The lowest BCUT2D eigenvalue weighted by atomic mass is 9.98. The summed E-state index contributed by atoms with van der Waals surface area (Å²) in [7, 11) is 6.08. The van der Waals surface area contributed by atoms with Gasteiger partial charge in [0, 0.05) is 51.5 Å². The van der Waals surface area contributed by atoms with E-state index < -0.39 is 0 Å². The highest BCUT2D eigenvalue weighted by molar-refractivity contribution is 5.20. The van der Waals surface area contributed by atoms with Crippen molar-refractivity contribution in [3.63, 3.8) is 0 Å². The molecule has 7 heteroatoms. The zero-order chi connectivity index (χ0) is 16.9. The highest BCUT2D eigenvalue weighted by atomic mass is 16.5. The second kappa shape index (κ2) is 7.83. The lowest BCUT2D eigenvalue weighted by Crippen LogP contribution is -2.36. The zero-order valence-corrected chi connectivity index (χ0v) is 14.7. The number of aryl methyl sites for hydroxylation is 1. The number of hydrogen-bond donors (Lipinski definition) is 0. The molecule has 2 aromatic rings. The second-order valence-electron chi connectivity index (χ2n) is 6.65. The minimum atomic E-state index is 0.299. The van der Waals surface area contributed by atoms with Gasteiger partial charge < -0.3 is 9.64 Å². The van der Waals surface area contributed by atoms with Crippen LogP contribution in [0, 0.1) is 0 Å². The molecule has 0 fully saturated rings. The average Bonchev–Trinajstić information content (AvgIpc) is 2.93. The number of hydrogen-bond acceptors (Lipinski definition) is 6. The van der Waals surface area contributed by atoms with Crippen LogP contribution >= 0.6 is 0 Å². The summed E-state index contributed by atoms with van der Waals surface area (Å²) in [5, 5.41) is 8.56. The Balaban J connectivity index is 1.66. The smallest absolute Gasteiger partial charge is 0.100 e. The minimum Gasteiger partial charge on any atom is -0.379 e. The Morgan fingerprint density at radius 3 is 3.00 bits per heavy atom. The number of ether oxygens (including phenoxy) is 1. The molecule has 0 amide bonds. The highest BCUT2D eigenvalue weighted by Gasteiger charge is 2.30. The van der Waals surface area contributed by atoms with Crippen LogP contribution < -0.4 is 0 Å². The molecule has 3 heterocycles. The lowest BCUT2D eigenvalue weighted by Gasteiger charge is -2.32. The van der Waals surface area contributed by atoms with Crippen molar-refractivity contribution in [3.8, 4) is 0 Å². The maximum atomic E-state index is 5.91. The zero-order valence-electron chi connectivity index (χ0n) is 14.7. The van der Waals surface area contributed by atoms with Crippen molar-refractivity contribution in [2.75, 3.05) is 40.4 Å². The Labute approximate surface area is 143 Å². The van der Waals surface area contributed by atoms with Gasteiger partial charge in [0.2, 0.25) is 0 Å². The first-order chi connectivity index (χ1) is 11.6. The van der Waals surface area contributed by atoms with Crippen molar-refractivity contribution in [1.82, 2.24) is 29.8 Å². The van der Waals surface area contributed by atoms with Crippen molar-refractivity contribution in [2.24, 2.45) is 7.05 Å². The van der Waals surface area contributed by atoms with Crippen LogP contribution in [-0.4, -0.2) is 70.2 Å². The number of fused-ring (bicyclic) bond motifs is 1. The van der Waals surface area contributed by atoms with E-state index in [1.165, 1.54) is 11.3 Å². The van der Waals surface area contributed by atoms with Crippen LogP contribution in [0.25, 0.3) is 0 Å². The van der Waals surface area contributed by atoms with E-state index in [1.54, 1.807) is 0 Å². The first-order valence-corrected chi connectivity index (χ1v) is 8.35. The first kappa shape index (κ1) is 17.0. The number of pyridine rings is 1. The topological polar surface area (TPSA) is 59.3 Å². The Kier molecular flexibility index (Phi) is 5.55. The number of aromatic nitrogens is 4. The third kappa shape index (κ3) is 4.17. The van der Waals surface area contributed by atoms with Gasteiger partial charge in [-0.2, -0.15) is 0 Å². The van der Waals surface area contributed by atoms with Crippen molar-refractivity contribution in [2.45, 2.75) is 19.0 Å². The number of rotatable bonds is 7. The molecule has 0 unspecified atom stereocenters. The van der Waals surface area contributed by atoms with Crippen molar-refractivity contribution >= 4 is 0 Å². The maximum absolute atomic E-state index is 5.91. The van der Waals surface area contributed by atoms with E-state index in [0.717, 1.165) is 38.5 Å². The van der Waals surface area contributed by atoms with Gasteiger partial charge in [0.05, 0.1) is 18.9 Å². The molecule has 1 atom stereocenters. The lowest BCUT2D eigenvalue weighted by molar-refractivity contribution is 0.0834. The Morgan fingerprint density at radius 1 is 1.38 bits per heavy atom. The van der Waals surface area contributed by atoms with Crippen LogP contribution in [0.5, 0.6) is 0 Å². The van der Waals surface area contributed by atoms with Crippen LogP contribution in [0.4, 0.5) is 0 Å². The van der Waals surface area contributed by atoms with Gasteiger partial charge in [-0.25, -0.2) is 0 Å². The Bertz CT molecular complexity index is 642. The Hall–Kier alpha value is -1.83. The quantitative estimate of drug-likeness (QED) is 0.703. The molecule has 0 aliphatic carbocycles. The summed E-state index contributed by atoms with van der Waals surface area (Å²) in [5.41, 5.74) is 3.49. The minimum absolute atomic E-state index is 0.299. The molecule has 0 N–H and O–H groups in total. The molecule has 1 aliphatic heterocycles. The van der Waals surface area contributed by atoms with E-state index in [1.807, 2.05) is 30.2 Å². The summed E-state index contributed by atoms with van der Waals surface area (Å²) in [4.78, 5) is 8.74. The molecule has 24 heavy (non-hydrogen) atoms. The van der Waals surface area contributed by atoms with Gasteiger partial charge in [-0.15, -0.1) is 5.10 Å². The van der Waals surface area contributed by atoms with Crippen LogP contribution in [0.3, 0.4) is 0 Å². The van der Waals surface area contributed by atoms with Gasteiger partial charge in [0.1, 0.15) is 5.69 Å². The molecule has 1 aliphatic rings. The van der Waals surface area contributed by atoms with E-state index >= 15 is 0 Å². The van der Waals surface area contributed by atoms with Crippen LogP contribution in [0.15, 0.2) is 24.5 Å². The van der Waals surface area contributed by atoms with Crippen LogP contribution in [0.2, 0.25) is 0 Å². The molecular weight excluding hydrogens is 304 g/mol. The van der Waals surface area contributed by atoms with E-state index in [4.69, 9.17) is 4.74 Å². The van der Waals surface area contributed by atoms with Crippen molar-refractivity contribution in [1.29, 1.82) is 0 Å². The number of nitrogens with zero attached hydrogens (tertiary/aromatic N) is 6. The normalized spacial score (nSPS) is 18.1. The molecule has 3 rings (SSSR count). The van der Waals surface area contributed by atoms with E-state index in [9.17, 15) is 0 Å². The fourth-order valence-corrected chi connectivity index (χ4v) is 3.17. The molecule has 0 spiro atoms. The van der Waals surface area contributed by atoms with Crippen molar-refractivity contribution in [3.05, 3.63) is 41.5 Å². The fourth-order valence-electron chi connectivity index (χ4n) is 3.17. The van der Waals surface area contributed by atoms with Crippen molar-refractivity contribution < 1.29 is 4.74 Å². The van der Waals surface area contributed by atoms with E-state index in [-0.39, 0.29) is 0 Å². The average molecular weight is 330 g/mol. The molecule has 7 nitrogen and oxygen atoms in total. The summed E-state index contributed by atoms with van der Waals surface area (Å²) in [6.45, 7) is 5.02. The number of likely N-dealkylation sites (N-methyl/N-ethyl adjacent to an activating group) is 1. The largest absolute Gasteiger partial charge is 0.379 e. The first-order valence-electron chi connectivity index (χ1n) is 8.35. The van der Waals surface area contributed by atoms with Gasteiger partial charge in [0.25, 0.3) is 0 Å². The second-order valence-corrected chi connectivity index (χ2v) is 6.65. The molecular formula is C17H26N6O. The summed E-state index contributed by atoms with van der Waals surface area (Å²) >= 11 is 0. The molecule has 2 aromatic heterocycles. The van der Waals surface area contributed by atoms with Gasteiger partial charge >= 0.3 is 0 Å². The third-order valence-electron chi connectivity index (χ3n) is 4.31. The third-order valence-corrected chi connectivity index (χ3v) is 4.31. The van der Waals surface area contributed by atoms with Crippen LogP contribution in [-0.2, 0) is 24.9 Å². The maximum Gasteiger partial charge on any atom is 0.100 e. The standard InChI is InChI=1S/C17H26N6O/c1-21(2)7-8-24-13-15-11-23(10-14-5-4-6-18-9-14)12-16-17(15)22(3)20-19-16/h4-6,9,15H,7-8,10-13H2,1-3H3/t15-/m0/s1. The predicted molar refractivity (Wildman–Crippen MR) is 91.5 cm³/mol. The summed E-state index contributed by atoms with van der Waals surface area (Å²) < 4.78 is 7.81. The van der Waals surface area contributed by atoms with Gasteiger partial charge in [0.15, 0.2) is 0 Å². The van der Waals surface area contributed by atoms with Gasteiger partial charge in [-0.1, -0.05) is 11.3 Å². The molecule has 130 valence electrons. The summed E-state index contributed by atoms with van der Waals surface area (Å²) in [6, 6.07) is 4.09. The fraction of sp³-hybridized carbons (Fsp3) is 0.588. The molecule has 0 radical (unpaired) electrons. The van der Waals surface area contributed by atoms with E-state index in [0.29, 0.717) is 12.5 Å². The van der Waals surface area contributed by atoms with Gasteiger partial charge in [-0.05, 0) is 25.7 Å². The molecule has 0 saturated heterocycles. The summed E-state index contributed by atoms with van der Waals surface area (Å²) in [5.74, 6) is 0.299. The molecule has 0 aromatic carbocycles. The van der Waals surface area contributed by atoms with Crippen LogP contribution in [0.1, 0.15) is 22.9 Å². The highest BCUT2D eigenvalue weighted by Crippen LogP contribution is 2.27. The predicted octanol–water partition coefficient (Wildman–Crippen LogP) is 0.888. The Morgan fingerprint density at radius 2 is 2.25 bits per heavy atom.